The van der Waals surface area contributed by atoms with E-state index >= 15 is 0 Å². The second kappa shape index (κ2) is 4.12. The standard InChI is InChI=1S/C8H12O2/c9-6-7-10-8-4-2-1-3-5-8/h1-2,5,9H,3-4,6-7H2. The molecule has 1 aliphatic carbocycles. The minimum Gasteiger partial charge on any atom is -0.496 e. The highest BCUT2D eigenvalue weighted by Crippen LogP contribution is 2.11. The molecule has 1 N–H and O–H groups in total. The molecule has 0 atom stereocenters. The lowest BCUT2D eigenvalue weighted by atomic mass is 10.2. The van der Waals surface area contributed by atoms with Gasteiger partial charge >= 0.3 is 0 Å². The van der Waals surface area contributed by atoms with Gasteiger partial charge in [0.05, 0.1) is 12.4 Å². The van der Waals surface area contributed by atoms with Crippen LogP contribution < -0.4 is 0 Å². The smallest absolute Gasteiger partial charge is 0.111 e. The van der Waals surface area contributed by atoms with Crippen LogP contribution >= 0.6 is 0 Å². The lowest BCUT2D eigenvalue weighted by Crippen LogP contribution is -1.99. The molecule has 0 bridgehead atoms. The van der Waals surface area contributed by atoms with Crippen LogP contribution in [0.1, 0.15) is 12.8 Å². The minimum absolute atomic E-state index is 0.0983. The van der Waals surface area contributed by atoms with Crippen LogP contribution in [-0.2, 0) is 4.74 Å². The third-order valence-corrected chi connectivity index (χ3v) is 1.35. The number of aliphatic hydroxyl groups excluding tert-OH is 1. The number of hydrogen-bond donors (Lipinski definition) is 1. The van der Waals surface area contributed by atoms with Crippen molar-refractivity contribution in [2.75, 3.05) is 13.2 Å². The predicted molar refractivity (Wildman–Crippen MR) is 39.5 cm³/mol. The Hall–Kier alpha value is -0.760. The zero-order valence-corrected chi connectivity index (χ0v) is 5.92. The second-order valence-electron chi connectivity index (χ2n) is 2.15. The van der Waals surface area contributed by atoms with Gasteiger partial charge in [-0.3, -0.25) is 0 Å². The molecule has 1 aliphatic rings. The normalized spacial score (nSPS) is 16.7. The maximum absolute atomic E-state index is 8.43. The Morgan fingerprint density at radius 2 is 2.40 bits per heavy atom. The maximum atomic E-state index is 8.43. The summed E-state index contributed by atoms with van der Waals surface area (Å²) >= 11 is 0. The monoisotopic (exact) mass is 140 g/mol. The zero-order chi connectivity index (χ0) is 7.23. The van der Waals surface area contributed by atoms with E-state index in [0.717, 1.165) is 18.6 Å². The first-order chi connectivity index (χ1) is 4.93. The van der Waals surface area contributed by atoms with Gasteiger partial charge in [-0.05, 0) is 12.5 Å². The molecular formula is C8H12O2. The summed E-state index contributed by atoms with van der Waals surface area (Å²) in [7, 11) is 0. The summed E-state index contributed by atoms with van der Waals surface area (Å²) < 4.78 is 5.19. The molecule has 2 heteroatoms. The Morgan fingerprint density at radius 1 is 1.50 bits per heavy atom. The fourth-order valence-corrected chi connectivity index (χ4v) is 0.873. The van der Waals surface area contributed by atoms with E-state index in [4.69, 9.17) is 9.84 Å². The SMILES string of the molecule is OCCOC1=CCC=CC1. The summed E-state index contributed by atoms with van der Waals surface area (Å²) in [6.07, 6.45) is 8.05. The maximum Gasteiger partial charge on any atom is 0.111 e. The van der Waals surface area contributed by atoms with Gasteiger partial charge in [-0.15, -0.1) is 0 Å². The van der Waals surface area contributed by atoms with Crippen molar-refractivity contribution in [2.24, 2.45) is 0 Å². The third kappa shape index (κ3) is 2.23. The van der Waals surface area contributed by atoms with Crippen molar-refractivity contribution in [1.29, 1.82) is 0 Å². The Morgan fingerprint density at radius 3 is 3.00 bits per heavy atom. The first-order valence-corrected chi connectivity index (χ1v) is 3.51. The van der Waals surface area contributed by atoms with Crippen LogP contribution in [0.3, 0.4) is 0 Å². The van der Waals surface area contributed by atoms with Gasteiger partial charge in [0.2, 0.25) is 0 Å². The second-order valence-corrected chi connectivity index (χ2v) is 2.15. The minimum atomic E-state index is 0.0983. The van der Waals surface area contributed by atoms with Gasteiger partial charge in [0.1, 0.15) is 6.61 Å². The predicted octanol–water partition coefficient (Wildman–Crippen LogP) is 1.23. The van der Waals surface area contributed by atoms with E-state index in [-0.39, 0.29) is 6.61 Å². The molecule has 0 aliphatic heterocycles. The highest BCUT2D eigenvalue weighted by molar-refractivity contribution is 5.09. The molecule has 0 aromatic heterocycles. The molecule has 0 heterocycles. The lowest BCUT2D eigenvalue weighted by molar-refractivity contribution is 0.141. The number of rotatable bonds is 3. The van der Waals surface area contributed by atoms with Gasteiger partial charge in [-0.1, -0.05) is 12.2 Å². The van der Waals surface area contributed by atoms with Crippen LogP contribution in [0, 0.1) is 0 Å². The van der Waals surface area contributed by atoms with Gasteiger partial charge < -0.3 is 9.84 Å². The zero-order valence-electron chi connectivity index (χ0n) is 5.92. The molecule has 0 saturated heterocycles. The highest BCUT2D eigenvalue weighted by atomic mass is 16.5. The van der Waals surface area contributed by atoms with Gasteiger partial charge in [0.25, 0.3) is 0 Å². The van der Waals surface area contributed by atoms with E-state index in [1.807, 2.05) is 6.08 Å². The molecule has 0 amide bonds. The average molecular weight is 140 g/mol. The molecule has 0 aromatic rings. The molecule has 0 fully saturated rings. The van der Waals surface area contributed by atoms with Crippen LogP contribution in [0.25, 0.3) is 0 Å². The molecular weight excluding hydrogens is 128 g/mol. The van der Waals surface area contributed by atoms with Crippen molar-refractivity contribution >= 4 is 0 Å². The van der Waals surface area contributed by atoms with E-state index in [0.29, 0.717) is 6.61 Å². The molecule has 0 radical (unpaired) electrons. The first-order valence-electron chi connectivity index (χ1n) is 3.51. The van der Waals surface area contributed by atoms with Crippen LogP contribution in [0.15, 0.2) is 24.0 Å². The van der Waals surface area contributed by atoms with Crippen molar-refractivity contribution in [3.63, 3.8) is 0 Å². The topological polar surface area (TPSA) is 29.5 Å². The third-order valence-electron chi connectivity index (χ3n) is 1.35. The fourth-order valence-electron chi connectivity index (χ4n) is 0.873. The van der Waals surface area contributed by atoms with E-state index in [2.05, 4.69) is 12.2 Å². The Kier molecular flexibility index (Phi) is 3.03. The number of hydrogen-bond acceptors (Lipinski definition) is 2. The van der Waals surface area contributed by atoms with Crippen LogP contribution in [-0.4, -0.2) is 18.3 Å². The van der Waals surface area contributed by atoms with E-state index in [1.54, 1.807) is 0 Å². The summed E-state index contributed by atoms with van der Waals surface area (Å²) in [5.41, 5.74) is 0. The average Bonchev–Trinajstić information content (AvgIpc) is 2.03. The largest absolute Gasteiger partial charge is 0.496 e. The van der Waals surface area contributed by atoms with Crippen molar-refractivity contribution < 1.29 is 9.84 Å². The number of allylic oxidation sites excluding steroid dienone is 3. The summed E-state index contributed by atoms with van der Waals surface area (Å²) in [5, 5.41) is 8.43. The molecule has 0 aromatic carbocycles. The molecule has 2 nitrogen and oxygen atoms in total. The van der Waals surface area contributed by atoms with Gasteiger partial charge in [0.15, 0.2) is 0 Å². The van der Waals surface area contributed by atoms with Crippen LogP contribution in [0.4, 0.5) is 0 Å². The fraction of sp³-hybridized carbons (Fsp3) is 0.500. The van der Waals surface area contributed by atoms with Gasteiger partial charge in [-0.25, -0.2) is 0 Å². The Balaban J connectivity index is 2.21. The lowest BCUT2D eigenvalue weighted by Gasteiger charge is -2.08. The van der Waals surface area contributed by atoms with Crippen LogP contribution in [0.2, 0.25) is 0 Å². The molecule has 1 rings (SSSR count). The first kappa shape index (κ1) is 7.35. The van der Waals surface area contributed by atoms with E-state index < -0.39 is 0 Å². The number of aliphatic hydroxyl groups is 1. The van der Waals surface area contributed by atoms with Gasteiger partial charge in [-0.2, -0.15) is 0 Å². The van der Waals surface area contributed by atoms with Gasteiger partial charge in [0, 0.05) is 6.42 Å². The van der Waals surface area contributed by atoms with Crippen LogP contribution in [0.5, 0.6) is 0 Å². The Labute approximate surface area is 60.8 Å². The molecule has 0 unspecified atom stereocenters. The highest BCUT2D eigenvalue weighted by Gasteiger charge is 1.97. The molecule has 0 saturated carbocycles. The quantitative estimate of drug-likeness (QED) is 0.597. The van der Waals surface area contributed by atoms with Crippen molar-refractivity contribution in [3.8, 4) is 0 Å². The van der Waals surface area contributed by atoms with Crippen molar-refractivity contribution in [3.05, 3.63) is 24.0 Å². The summed E-state index contributed by atoms with van der Waals surface area (Å²) in [6.45, 7) is 0.515. The van der Waals surface area contributed by atoms with E-state index in [9.17, 15) is 0 Å². The Bertz CT molecular complexity index is 147. The molecule has 56 valence electrons. The summed E-state index contributed by atoms with van der Waals surface area (Å²) in [5.74, 6) is 0.983. The molecule has 0 spiro atoms. The molecule has 10 heavy (non-hydrogen) atoms. The van der Waals surface area contributed by atoms with E-state index in [1.165, 1.54) is 0 Å². The summed E-state index contributed by atoms with van der Waals surface area (Å²) in [4.78, 5) is 0. The summed E-state index contributed by atoms with van der Waals surface area (Å²) in [6, 6.07) is 0. The number of ether oxygens (including phenoxy) is 1. The van der Waals surface area contributed by atoms with Crippen molar-refractivity contribution in [2.45, 2.75) is 12.8 Å². The van der Waals surface area contributed by atoms with Crippen molar-refractivity contribution in [1.82, 2.24) is 0 Å².